The highest BCUT2D eigenvalue weighted by atomic mass is 16.5. The fourth-order valence-corrected chi connectivity index (χ4v) is 5.12. The maximum atomic E-state index is 13.8. The maximum Gasteiger partial charge on any atom is 0.268 e. The summed E-state index contributed by atoms with van der Waals surface area (Å²) in [4.78, 5) is 25.3. The molecule has 0 amide bonds. The average molecular weight is 551 g/mol. The minimum absolute atomic E-state index is 0.139. The van der Waals surface area contributed by atoms with Crippen LogP contribution in [-0.2, 0) is 11.3 Å². The Kier molecular flexibility index (Phi) is 7.85. The number of rotatable bonds is 6. The summed E-state index contributed by atoms with van der Waals surface area (Å²) in [6.45, 7) is 8.95. The number of benzene rings is 1. The van der Waals surface area contributed by atoms with E-state index >= 15 is 0 Å². The molecule has 0 atom stereocenters. The fraction of sp³-hybridized carbons (Fsp3) is 0.344. The van der Waals surface area contributed by atoms with Crippen molar-refractivity contribution in [1.29, 1.82) is 0 Å². The number of fused-ring (bicyclic) bond motifs is 1. The Labute approximate surface area is 239 Å². The molecule has 0 radical (unpaired) electrons. The van der Waals surface area contributed by atoms with Gasteiger partial charge in [-0.15, -0.1) is 0 Å². The fourth-order valence-electron chi connectivity index (χ4n) is 5.12. The lowest BCUT2D eigenvalue weighted by Crippen LogP contribution is -2.36. The molecule has 9 nitrogen and oxygen atoms in total. The number of aromatic nitrogens is 3. The predicted octanol–water partition coefficient (Wildman–Crippen LogP) is 4.40. The van der Waals surface area contributed by atoms with Crippen LogP contribution in [0.25, 0.3) is 16.6 Å². The molecule has 0 aliphatic carbocycles. The molecule has 0 bridgehead atoms. The number of nitrogens with zero attached hydrogens (tertiary/aromatic N) is 4. The van der Waals surface area contributed by atoms with Gasteiger partial charge in [0.25, 0.3) is 5.56 Å². The molecular weight excluding hydrogens is 516 g/mol. The van der Waals surface area contributed by atoms with Gasteiger partial charge in [0.2, 0.25) is 5.95 Å². The van der Waals surface area contributed by atoms with Gasteiger partial charge in [-0.05, 0) is 48.4 Å². The van der Waals surface area contributed by atoms with E-state index in [9.17, 15) is 4.79 Å². The highest BCUT2D eigenvalue weighted by Gasteiger charge is 2.20. The van der Waals surface area contributed by atoms with E-state index in [-0.39, 0.29) is 11.5 Å². The summed E-state index contributed by atoms with van der Waals surface area (Å²) in [6.07, 6.45) is 6.67. The molecule has 0 saturated carbocycles. The molecule has 0 spiro atoms. The van der Waals surface area contributed by atoms with Crippen molar-refractivity contribution >= 4 is 34.1 Å². The summed E-state index contributed by atoms with van der Waals surface area (Å²) in [7, 11) is 0. The zero-order chi connectivity index (χ0) is 28.2. The third-order valence-electron chi connectivity index (χ3n) is 7.25. The number of hydrogen-bond acceptors (Lipinski definition) is 8. The first kappa shape index (κ1) is 26.8. The van der Waals surface area contributed by atoms with E-state index in [2.05, 4.69) is 50.6 Å². The molecule has 1 fully saturated rings. The normalized spacial score (nSPS) is 15.5. The van der Waals surface area contributed by atoms with Gasteiger partial charge in [0, 0.05) is 48.4 Å². The Balaban J connectivity index is 1.35. The smallest absolute Gasteiger partial charge is 0.268 e. The standard InChI is InChI=1S/C32H34N6O3/c1-22(2)3-4-25-19-27-20-34-32(35-28-7-5-23(6-8-28)24-9-12-33-13-10-24)36-29(27)38(30(25)39)21-26-11-16-41-31(26)37-14-17-40-18-15-37/h5-9,11,16,19-20,22,33H,10,12-15,17-18,21H2,1-2H3,(H,34,35,36). The van der Waals surface area contributed by atoms with E-state index in [0.717, 1.165) is 55.1 Å². The predicted molar refractivity (Wildman–Crippen MR) is 162 cm³/mol. The molecule has 2 aliphatic rings. The van der Waals surface area contributed by atoms with Gasteiger partial charge in [0.1, 0.15) is 5.65 Å². The lowest BCUT2D eigenvalue weighted by atomic mass is 10.0. The quantitative estimate of drug-likeness (QED) is 0.341. The minimum atomic E-state index is -0.191. The Bertz CT molecular complexity index is 1680. The highest BCUT2D eigenvalue weighted by Crippen LogP contribution is 2.26. The van der Waals surface area contributed by atoms with E-state index < -0.39 is 0 Å². The highest BCUT2D eigenvalue weighted by molar-refractivity contribution is 5.78. The first-order valence-corrected chi connectivity index (χ1v) is 14.1. The van der Waals surface area contributed by atoms with Crippen molar-refractivity contribution in [2.75, 3.05) is 49.6 Å². The van der Waals surface area contributed by atoms with E-state index in [0.29, 0.717) is 36.9 Å². The van der Waals surface area contributed by atoms with Crippen LogP contribution in [0.1, 0.15) is 37.0 Å². The summed E-state index contributed by atoms with van der Waals surface area (Å²) in [5, 5.41) is 7.41. The minimum Gasteiger partial charge on any atom is -0.448 e. The number of morpholine rings is 1. The lowest BCUT2D eigenvalue weighted by Gasteiger charge is -2.27. The SMILES string of the molecule is CC(C)C#Cc1cc2cnc(Nc3ccc(C4=CCNCC4)cc3)nc2n(Cc2ccoc2N2CCOCC2)c1=O. The van der Waals surface area contributed by atoms with E-state index in [1.54, 1.807) is 23.1 Å². The van der Waals surface area contributed by atoms with Gasteiger partial charge in [-0.1, -0.05) is 43.9 Å². The van der Waals surface area contributed by atoms with Gasteiger partial charge in [-0.2, -0.15) is 4.98 Å². The van der Waals surface area contributed by atoms with Crippen LogP contribution in [0.15, 0.2) is 64.1 Å². The molecule has 2 N–H and O–H groups in total. The molecular formula is C32H34N6O3. The molecule has 9 heteroatoms. The Morgan fingerprint density at radius 3 is 2.73 bits per heavy atom. The van der Waals surface area contributed by atoms with Crippen molar-refractivity contribution in [2.45, 2.75) is 26.8 Å². The summed E-state index contributed by atoms with van der Waals surface area (Å²) in [5.74, 6) is 7.51. The van der Waals surface area contributed by atoms with Crippen LogP contribution >= 0.6 is 0 Å². The Morgan fingerprint density at radius 1 is 1.15 bits per heavy atom. The third kappa shape index (κ3) is 6.04. The number of furan rings is 1. The van der Waals surface area contributed by atoms with Crippen LogP contribution in [0.2, 0.25) is 0 Å². The van der Waals surface area contributed by atoms with Crippen LogP contribution < -0.4 is 21.1 Å². The summed E-state index contributed by atoms with van der Waals surface area (Å²) < 4.78 is 13.1. The van der Waals surface area contributed by atoms with Gasteiger partial charge < -0.3 is 24.7 Å². The van der Waals surface area contributed by atoms with Crippen molar-refractivity contribution in [3.8, 4) is 11.8 Å². The summed E-state index contributed by atoms with van der Waals surface area (Å²) in [5.41, 5.74) is 5.12. The molecule has 6 rings (SSSR count). The monoisotopic (exact) mass is 550 g/mol. The van der Waals surface area contributed by atoms with Crippen molar-refractivity contribution < 1.29 is 9.15 Å². The number of pyridine rings is 1. The second-order valence-corrected chi connectivity index (χ2v) is 10.6. The maximum absolute atomic E-state index is 13.8. The van der Waals surface area contributed by atoms with Crippen molar-refractivity contribution in [3.63, 3.8) is 0 Å². The van der Waals surface area contributed by atoms with Gasteiger partial charge >= 0.3 is 0 Å². The van der Waals surface area contributed by atoms with E-state index in [1.807, 2.05) is 32.0 Å². The van der Waals surface area contributed by atoms with Gasteiger partial charge in [-0.25, -0.2) is 4.98 Å². The molecule has 1 aromatic carbocycles. The van der Waals surface area contributed by atoms with Crippen LogP contribution in [-0.4, -0.2) is 53.9 Å². The summed E-state index contributed by atoms with van der Waals surface area (Å²) >= 11 is 0. The Hall–Kier alpha value is -4.39. The molecule has 0 unspecified atom stereocenters. The van der Waals surface area contributed by atoms with E-state index in [1.165, 1.54) is 11.1 Å². The number of anilines is 3. The molecule has 2 aliphatic heterocycles. The zero-order valence-corrected chi connectivity index (χ0v) is 23.4. The second-order valence-electron chi connectivity index (χ2n) is 10.6. The zero-order valence-electron chi connectivity index (χ0n) is 23.4. The van der Waals surface area contributed by atoms with Crippen LogP contribution in [0.3, 0.4) is 0 Å². The van der Waals surface area contributed by atoms with Crippen molar-refractivity contribution in [3.05, 3.63) is 82.0 Å². The van der Waals surface area contributed by atoms with Gasteiger partial charge in [0.15, 0.2) is 5.88 Å². The number of nitrogens with one attached hydrogen (secondary N) is 2. The molecule has 3 aromatic heterocycles. The topological polar surface area (TPSA) is 97.4 Å². The summed E-state index contributed by atoms with van der Waals surface area (Å²) in [6, 6.07) is 12.0. The van der Waals surface area contributed by atoms with Gasteiger partial charge in [-0.3, -0.25) is 9.36 Å². The first-order chi connectivity index (χ1) is 20.0. The van der Waals surface area contributed by atoms with Crippen LogP contribution in [0, 0.1) is 17.8 Å². The largest absolute Gasteiger partial charge is 0.448 e. The van der Waals surface area contributed by atoms with Crippen molar-refractivity contribution in [1.82, 2.24) is 19.9 Å². The molecule has 5 heterocycles. The molecule has 210 valence electrons. The third-order valence-corrected chi connectivity index (χ3v) is 7.25. The first-order valence-electron chi connectivity index (χ1n) is 14.1. The lowest BCUT2D eigenvalue weighted by molar-refractivity contribution is 0.120. The molecule has 41 heavy (non-hydrogen) atoms. The van der Waals surface area contributed by atoms with Crippen molar-refractivity contribution in [2.24, 2.45) is 5.92 Å². The molecule has 4 aromatic rings. The average Bonchev–Trinajstić information content (AvgIpc) is 3.47. The number of ether oxygens (including phenoxy) is 1. The second kappa shape index (κ2) is 12.0. The van der Waals surface area contributed by atoms with Crippen LogP contribution in [0.5, 0.6) is 0 Å². The van der Waals surface area contributed by atoms with Gasteiger partial charge in [0.05, 0.1) is 31.6 Å². The van der Waals surface area contributed by atoms with Crippen LogP contribution in [0.4, 0.5) is 17.5 Å². The Morgan fingerprint density at radius 2 is 1.98 bits per heavy atom. The molecule has 1 saturated heterocycles. The number of hydrogen-bond donors (Lipinski definition) is 2. The van der Waals surface area contributed by atoms with E-state index in [4.69, 9.17) is 14.1 Å².